The van der Waals surface area contributed by atoms with Gasteiger partial charge in [0.15, 0.2) is 0 Å². The van der Waals surface area contributed by atoms with Gasteiger partial charge < -0.3 is 19.8 Å². The van der Waals surface area contributed by atoms with Gasteiger partial charge in [0.1, 0.15) is 11.9 Å². The number of benzene rings is 3. The quantitative estimate of drug-likeness (QED) is 0.465. The van der Waals surface area contributed by atoms with Crippen molar-refractivity contribution in [1.29, 1.82) is 0 Å². The minimum atomic E-state index is -3.47. The summed E-state index contributed by atoms with van der Waals surface area (Å²) in [6, 6.07) is 19.0. The lowest BCUT2D eigenvalue weighted by Gasteiger charge is -2.41. The molecule has 4 rings (SSSR count). The monoisotopic (exact) mass is 468 g/mol. The Kier molecular flexibility index (Phi) is 6.26. The van der Waals surface area contributed by atoms with Crippen LogP contribution < -0.4 is 14.4 Å². The molecule has 33 heavy (non-hydrogen) atoms. The van der Waals surface area contributed by atoms with Crippen molar-refractivity contribution in [2.24, 2.45) is 0 Å². The second-order valence-corrected chi connectivity index (χ2v) is 9.66. The van der Waals surface area contributed by atoms with Gasteiger partial charge in [0.2, 0.25) is 10.0 Å². The Balaban J connectivity index is 1.59. The first-order valence-corrected chi connectivity index (χ1v) is 12.2. The zero-order chi connectivity index (χ0) is 23.6. The van der Waals surface area contributed by atoms with Crippen LogP contribution in [0.25, 0.3) is 11.1 Å². The number of sulfonamides is 1. The highest BCUT2D eigenvalue weighted by Gasteiger charge is 2.31. The summed E-state index contributed by atoms with van der Waals surface area (Å²) in [5.74, 6) is -0.360. The molecule has 1 aliphatic heterocycles. The van der Waals surface area contributed by atoms with E-state index in [-0.39, 0.29) is 18.3 Å². The Morgan fingerprint density at radius 3 is 2.42 bits per heavy atom. The third-order valence-corrected chi connectivity index (χ3v) is 5.93. The SMILES string of the molecule is CS(=O)(=O)Nc1cccc(-c2c(C(=O)O)cccc2N2CC(Oc3ccc(CO)cc3)C2)c1. The topological polar surface area (TPSA) is 116 Å². The molecule has 1 heterocycles. The van der Waals surface area contributed by atoms with Gasteiger partial charge in [-0.05, 0) is 47.5 Å². The Labute approximate surface area is 192 Å². The lowest BCUT2D eigenvalue weighted by atomic mass is 9.95. The van der Waals surface area contributed by atoms with Gasteiger partial charge in [-0.2, -0.15) is 0 Å². The first-order valence-electron chi connectivity index (χ1n) is 10.3. The first kappa shape index (κ1) is 22.6. The third-order valence-electron chi connectivity index (χ3n) is 5.32. The smallest absolute Gasteiger partial charge is 0.336 e. The van der Waals surface area contributed by atoms with Crippen molar-refractivity contribution in [3.8, 4) is 16.9 Å². The highest BCUT2D eigenvalue weighted by atomic mass is 32.2. The molecule has 1 aliphatic rings. The fourth-order valence-corrected chi connectivity index (χ4v) is 4.37. The Morgan fingerprint density at radius 2 is 1.79 bits per heavy atom. The second kappa shape index (κ2) is 9.13. The minimum absolute atomic E-state index is 0.0267. The number of aromatic carboxylic acids is 1. The maximum atomic E-state index is 12.0. The number of hydrogen-bond donors (Lipinski definition) is 3. The number of carboxylic acids is 1. The molecule has 0 aliphatic carbocycles. The summed E-state index contributed by atoms with van der Waals surface area (Å²) in [4.78, 5) is 14.0. The minimum Gasteiger partial charge on any atom is -0.487 e. The summed E-state index contributed by atoms with van der Waals surface area (Å²) < 4.78 is 31.7. The van der Waals surface area contributed by atoms with Gasteiger partial charge in [-0.1, -0.05) is 30.3 Å². The summed E-state index contributed by atoms with van der Waals surface area (Å²) in [5, 5.41) is 19.0. The van der Waals surface area contributed by atoms with Crippen LogP contribution in [0.2, 0.25) is 0 Å². The molecule has 0 saturated carbocycles. The Morgan fingerprint density at radius 1 is 1.09 bits per heavy atom. The predicted molar refractivity (Wildman–Crippen MR) is 126 cm³/mol. The first-order chi connectivity index (χ1) is 15.7. The zero-order valence-electron chi connectivity index (χ0n) is 17.9. The molecule has 0 aromatic heterocycles. The summed E-state index contributed by atoms with van der Waals surface area (Å²) in [6.45, 7) is 1.11. The molecular formula is C24H24N2O6S. The van der Waals surface area contributed by atoms with Crippen LogP contribution in [0.1, 0.15) is 15.9 Å². The van der Waals surface area contributed by atoms with Crippen LogP contribution in [0, 0.1) is 0 Å². The lowest BCUT2D eigenvalue weighted by Crippen LogP contribution is -2.54. The highest BCUT2D eigenvalue weighted by Crippen LogP contribution is 2.38. The van der Waals surface area contributed by atoms with Gasteiger partial charge in [-0.3, -0.25) is 4.72 Å². The van der Waals surface area contributed by atoms with Crippen molar-refractivity contribution in [3.05, 3.63) is 77.9 Å². The van der Waals surface area contributed by atoms with E-state index in [9.17, 15) is 18.3 Å². The molecule has 0 bridgehead atoms. The van der Waals surface area contributed by atoms with Crippen LogP contribution in [0.5, 0.6) is 5.75 Å². The fourth-order valence-electron chi connectivity index (χ4n) is 3.81. The van der Waals surface area contributed by atoms with E-state index in [2.05, 4.69) is 4.72 Å². The van der Waals surface area contributed by atoms with Gasteiger partial charge in [-0.15, -0.1) is 0 Å². The number of ether oxygens (including phenoxy) is 1. The van der Waals surface area contributed by atoms with Crippen molar-refractivity contribution in [3.63, 3.8) is 0 Å². The molecule has 8 nitrogen and oxygen atoms in total. The van der Waals surface area contributed by atoms with E-state index >= 15 is 0 Å². The molecule has 3 aromatic carbocycles. The van der Waals surface area contributed by atoms with Gasteiger partial charge >= 0.3 is 5.97 Å². The van der Waals surface area contributed by atoms with Crippen LogP contribution in [0.15, 0.2) is 66.7 Å². The molecule has 172 valence electrons. The van der Waals surface area contributed by atoms with E-state index in [0.717, 1.165) is 17.5 Å². The highest BCUT2D eigenvalue weighted by molar-refractivity contribution is 7.92. The maximum absolute atomic E-state index is 12.0. The molecule has 3 aromatic rings. The summed E-state index contributed by atoms with van der Waals surface area (Å²) in [5.41, 5.74) is 3.15. The number of hydrogen-bond acceptors (Lipinski definition) is 6. The molecule has 0 radical (unpaired) electrons. The van der Waals surface area contributed by atoms with E-state index in [1.165, 1.54) is 6.07 Å². The van der Waals surface area contributed by atoms with Crippen molar-refractivity contribution in [2.75, 3.05) is 29.0 Å². The number of aliphatic hydroxyl groups is 1. The molecule has 1 saturated heterocycles. The number of carbonyl (C=O) groups is 1. The predicted octanol–water partition coefficient (Wildman–Crippen LogP) is 3.18. The van der Waals surface area contributed by atoms with Gasteiger partial charge in [-0.25, -0.2) is 13.2 Å². The maximum Gasteiger partial charge on any atom is 0.336 e. The second-order valence-electron chi connectivity index (χ2n) is 7.91. The average Bonchev–Trinajstić information content (AvgIpc) is 2.75. The molecule has 0 amide bonds. The van der Waals surface area contributed by atoms with Crippen LogP contribution in [0.4, 0.5) is 11.4 Å². The molecule has 0 atom stereocenters. The van der Waals surface area contributed by atoms with Crippen molar-refractivity contribution in [2.45, 2.75) is 12.7 Å². The summed E-state index contributed by atoms with van der Waals surface area (Å²) in [6.07, 6.45) is 0.998. The van der Waals surface area contributed by atoms with E-state index in [4.69, 9.17) is 9.84 Å². The van der Waals surface area contributed by atoms with E-state index in [0.29, 0.717) is 35.7 Å². The normalized spacial score (nSPS) is 13.9. The number of carboxylic acid groups (broad SMARTS) is 1. The zero-order valence-corrected chi connectivity index (χ0v) is 18.7. The number of nitrogens with zero attached hydrogens (tertiary/aromatic N) is 1. The van der Waals surface area contributed by atoms with Crippen molar-refractivity contribution >= 4 is 27.4 Å². The van der Waals surface area contributed by atoms with E-state index < -0.39 is 16.0 Å². The number of aliphatic hydroxyl groups excluding tert-OH is 1. The van der Waals surface area contributed by atoms with Crippen LogP contribution in [0.3, 0.4) is 0 Å². The van der Waals surface area contributed by atoms with Crippen LogP contribution >= 0.6 is 0 Å². The van der Waals surface area contributed by atoms with E-state index in [1.807, 2.05) is 23.1 Å². The van der Waals surface area contributed by atoms with Gasteiger partial charge in [0.05, 0.1) is 31.5 Å². The standard InChI is InChI=1S/C24H24N2O6S/c1-33(30,31)25-18-5-2-4-17(12-18)23-21(24(28)29)6-3-7-22(23)26-13-20(14-26)32-19-10-8-16(15-27)9-11-19/h2-12,20,25,27H,13-15H2,1H3,(H,28,29). The van der Waals surface area contributed by atoms with Gasteiger partial charge in [0.25, 0.3) is 0 Å². The third kappa shape index (κ3) is 5.27. The number of rotatable bonds is 8. The molecule has 3 N–H and O–H groups in total. The Bertz CT molecular complexity index is 1270. The molecule has 1 fully saturated rings. The molecular weight excluding hydrogens is 444 g/mol. The molecule has 9 heteroatoms. The number of nitrogens with one attached hydrogen (secondary N) is 1. The summed E-state index contributed by atoms with van der Waals surface area (Å²) >= 11 is 0. The molecule has 0 spiro atoms. The van der Waals surface area contributed by atoms with Crippen molar-refractivity contribution < 1.29 is 28.2 Å². The largest absolute Gasteiger partial charge is 0.487 e. The molecule has 0 unspecified atom stereocenters. The lowest BCUT2D eigenvalue weighted by molar-refractivity contribution is 0.0697. The number of anilines is 2. The average molecular weight is 469 g/mol. The summed E-state index contributed by atoms with van der Waals surface area (Å²) in [7, 11) is -3.47. The van der Waals surface area contributed by atoms with Crippen LogP contribution in [-0.2, 0) is 16.6 Å². The Hall–Kier alpha value is -3.56. The van der Waals surface area contributed by atoms with E-state index in [1.54, 1.807) is 42.5 Å². The fraction of sp³-hybridized carbons (Fsp3) is 0.208. The van der Waals surface area contributed by atoms with Gasteiger partial charge in [0, 0.05) is 16.9 Å². The van der Waals surface area contributed by atoms with Crippen LogP contribution in [-0.4, -0.2) is 50.0 Å². The van der Waals surface area contributed by atoms with Crippen molar-refractivity contribution in [1.82, 2.24) is 0 Å².